The number of nitrogens with zero attached hydrogens (tertiary/aromatic N) is 2. The maximum atomic E-state index is 12.6. The zero-order valence-corrected chi connectivity index (χ0v) is 15.7. The number of pyridine rings is 1. The lowest BCUT2D eigenvalue weighted by Crippen LogP contribution is -2.42. The SMILES string of the molecule is O=C(/C=C/c1c[nH]c2ncccc12)N[C@H](CN1CCOCC1)c1ccccc1. The number of aromatic nitrogens is 2. The largest absolute Gasteiger partial charge is 0.379 e. The molecule has 0 radical (unpaired) electrons. The Labute approximate surface area is 164 Å². The van der Waals surface area contributed by atoms with E-state index in [9.17, 15) is 4.79 Å². The van der Waals surface area contributed by atoms with E-state index in [2.05, 4.69) is 32.3 Å². The number of fused-ring (bicyclic) bond motifs is 1. The van der Waals surface area contributed by atoms with Crippen LogP contribution in [0.25, 0.3) is 17.1 Å². The van der Waals surface area contributed by atoms with Crippen LogP contribution in [0.4, 0.5) is 0 Å². The molecule has 4 rings (SSSR count). The topological polar surface area (TPSA) is 70.2 Å². The van der Waals surface area contributed by atoms with Crippen molar-refractivity contribution in [3.05, 3.63) is 72.1 Å². The third-order valence-corrected chi connectivity index (χ3v) is 4.96. The molecular formula is C22H24N4O2. The lowest BCUT2D eigenvalue weighted by Gasteiger charge is -2.31. The first-order valence-electron chi connectivity index (χ1n) is 9.55. The summed E-state index contributed by atoms with van der Waals surface area (Å²) in [7, 11) is 0. The van der Waals surface area contributed by atoms with Crippen LogP contribution in [0.1, 0.15) is 17.2 Å². The predicted molar refractivity (Wildman–Crippen MR) is 110 cm³/mol. The standard InChI is InChI=1S/C22H24N4O2/c27-21(9-8-18-15-24-22-19(18)7-4-10-23-22)25-20(17-5-2-1-3-6-17)16-26-11-13-28-14-12-26/h1-10,15,20H,11-14,16H2,(H,23,24)(H,25,27)/b9-8+/t20-/m1/s1. The second-order valence-electron chi connectivity index (χ2n) is 6.86. The highest BCUT2D eigenvalue weighted by atomic mass is 16.5. The summed E-state index contributed by atoms with van der Waals surface area (Å²) in [4.78, 5) is 22.4. The van der Waals surface area contributed by atoms with E-state index in [1.165, 1.54) is 0 Å². The maximum absolute atomic E-state index is 12.6. The first-order chi connectivity index (χ1) is 13.8. The van der Waals surface area contributed by atoms with Gasteiger partial charge in [0.1, 0.15) is 5.65 Å². The second kappa shape index (κ2) is 8.82. The number of hydrogen-bond donors (Lipinski definition) is 2. The Morgan fingerprint density at radius 3 is 2.86 bits per heavy atom. The number of amides is 1. The van der Waals surface area contributed by atoms with E-state index in [1.54, 1.807) is 12.3 Å². The molecule has 1 aromatic carbocycles. The van der Waals surface area contributed by atoms with Crippen molar-refractivity contribution in [1.82, 2.24) is 20.2 Å². The van der Waals surface area contributed by atoms with Crippen molar-refractivity contribution in [3.63, 3.8) is 0 Å². The minimum absolute atomic E-state index is 0.0684. The van der Waals surface area contributed by atoms with Gasteiger partial charge in [-0.3, -0.25) is 9.69 Å². The zero-order chi connectivity index (χ0) is 19.2. The fourth-order valence-electron chi connectivity index (χ4n) is 3.46. The van der Waals surface area contributed by atoms with E-state index in [0.29, 0.717) is 0 Å². The number of benzene rings is 1. The molecule has 1 fully saturated rings. The molecule has 3 aromatic rings. The molecule has 0 saturated carbocycles. The van der Waals surface area contributed by atoms with Crippen molar-refractivity contribution in [2.24, 2.45) is 0 Å². The molecule has 6 nitrogen and oxygen atoms in total. The molecule has 1 amide bonds. The summed E-state index contributed by atoms with van der Waals surface area (Å²) >= 11 is 0. The molecule has 1 saturated heterocycles. The van der Waals surface area contributed by atoms with E-state index < -0.39 is 0 Å². The molecule has 2 aromatic heterocycles. The van der Waals surface area contributed by atoms with Crippen LogP contribution in [0.5, 0.6) is 0 Å². The molecular weight excluding hydrogens is 352 g/mol. The Kier molecular flexibility index (Phi) is 5.80. The van der Waals surface area contributed by atoms with Crippen molar-refractivity contribution in [2.45, 2.75) is 6.04 Å². The Bertz CT molecular complexity index is 945. The van der Waals surface area contributed by atoms with Gasteiger partial charge in [0.25, 0.3) is 0 Å². The molecule has 28 heavy (non-hydrogen) atoms. The van der Waals surface area contributed by atoms with Gasteiger partial charge < -0.3 is 15.0 Å². The molecule has 0 bridgehead atoms. The molecule has 1 aliphatic rings. The van der Waals surface area contributed by atoms with Crippen LogP contribution in [-0.2, 0) is 9.53 Å². The van der Waals surface area contributed by atoms with Gasteiger partial charge >= 0.3 is 0 Å². The molecule has 6 heteroatoms. The Morgan fingerprint density at radius 1 is 1.21 bits per heavy atom. The first kappa shape index (κ1) is 18.4. The summed E-state index contributed by atoms with van der Waals surface area (Å²) in [6.07, 6.45) is 7.02. The van der Waals surface area contributed by atoms with Gasteiger partial charge in [-0.05, 0) is 23.8 Å². The van der Waals surface area contributed by atoms with Gasteiger partial charge in [-0.25, -0.2) is 4.98 Å². The summed E-state index contributed by atoms with van der Waals surface area (Å²) in [5.74, 6) is -0.111. The number of H-pyrrole nitrogens is 1. The zero-order valence-electron chi connectivity index (χ0n) is 15.7. The van der Waals surface area contributed by atoms with Crippen LogP contribution in [0.2, 0.25) is 0 Å². The van der Waals surface area contributed by atoms with Gasteiger partial charge in [0.05, 0.1) is 19.3 Å². The summed E-state index contributed by atoms with van der Waals surface area (Å²) in [5.41, 5.74) is 2.87. The Hall–Kier alpha value is -2.96. The summed E-state index contributed by atoms with van der Waals surface area (Å²) < 4.78 is 5.43. The monoisotopic (exact) mass is 376 g/mol. The van der Waals surface area contributed by atoms with E-state index in [-0.39, 0.29) is 11.9 Å². The van der Waals surface area contributed by atoms with Crippen molar-refractivity contribution in [3.8, 4) is 0 Å². The predicted octanol–water partition coefficient (Wildman–Crippen LogP) is 2.77. The minimum Gasteiger partial charge on any atom is -0.379 e. The van der Waals surface area contributed by atoms with Crippen molar-refractivity contribution < 1.29 is 9.53 Å². The lowest BCUT2D eigenvalue weighted by molar-refractivity contribution is -0.117. The number of morpholine rings is 1. The van der Waals surface area contributed by atoms with Crippen LogP contribution < -0.4 is 5.32 Å². The third-order valence-electron chi connectivity index (χ3n) is 4.96. The van der Waals surface area contributed by atoms with Crippen LogP contribution in [0.15, 0.2) is 60.9 Å². The van der Waals surface area contributed by atoms with E-state index >= 15 is 0 Å². The molecule has 144 valence electrons. The average Bonchev–Trinajstić information content (AvgIpc) is 3.16. The highest BCUT2D eigenvalue weighted by molar-refractivity contribution is 5.95. The van der Waals surface area contributed by atoms with Crippen molar-refractivity contribution in [1.29, 1.82) is 0 Å². The van der Waals surface area contributed by atoms with Crippen molar-refractivity contribution in [2.75, 3.05) is 32.8 Å². The number of carbonyl (C=O) groups is 1. The smallest absolute Gasteiger partial charge is 0.244 e. The summed E-state index contributed by atoms with van der Waals surface area (Å²) in [5, 5.41) is 4.16. The first-order valence-corrected chi connectivity index (χ1v) is 9.55. The third kappa shape index (κ3) is 4.47. The molecule has 1 atom stereocenters. The van der Waals surface area contributed by atoms with Gasteiger partial charge in [-0.1, -0.05) is 30.3 Å². The molecule has 0 unspecified atom stereocenters. The highest BCUT2D eigenvalue weighted by Gasteiger charge is 2.19. The van der Waals surface area contributed by atoms with Gasteiger partial charge in [-0.2, -0.15) is 0 Å². The lowest BCUT2D eigenvalue weighted by atomic mass is 10.1. The van der Waals surface area contributed by atoms with Crippen LogP contribution in [0.3, 0.4) is 0 Å². The Morgan fingerprint density at radius 2 is 2.04 bits per heavy atom. The second-order valence-corrected chi connectivity index (χ2v) is 6.86. The molecule has 0 aliphatic carbocycles. The van der Waals surface area contributed by atoms with E-state index in [0.717, 1.165) is 55.0 Å². The van der Waals surface area contributed by atoms with Gasteiger partial charge in [-0.15, -0.1) is 0 Å². The minimum atomic E-state index is -0.111. The molecule has 2 N–H and O–H groups in total. The quantitative estimate of drug-likeness (QED) is 0.649. The van der Waals surface area contributed by atoms with Crippen LogP contribution in [-0.4, -0.2) is 53.6 Å². The summed E-state index contributed by atoms with van der Waals surface area (Å²) in [6.45, 7) is 4.02. The van der Waals surface area contributed by atoms with E-state index in [4.69, 9.17) is 4.74 Å². The molecule has 3 heterocycles. The number of nitrogens with one attached hydrogen (secondary N) is 2. The average molecular weight is 376 g/mol. The number of hydrogen-bond acceptors (Lipinski definition) is 4. The fraction of sp³-hybridized carbons (Fsp3) is 0.273. The Balaban J connectivity index is 1.46. The number of rotatable bonds is 6. The van der Waals surface area contributed by atoms with Crippen LogP contribution in [0, 0.1) is 0 Å². The summed E-state index contributed by atoms with van der Waals surface area (Å²) in [6, 6.07) is 13.9. The number of ether oxygens (including phenoxy) is 1. The molecule has 1 aliphatic heterocycles. The number of carbonyl (C=O) groups excluding carboxylic acids is 1. The van der Waals surface area contributed by atoms with Crippen LogP contribution >= 0.6 is 0 Å². The van der Waals surface area contributed by atoms with Gasteiger partial charge in [0.15, 0.2) is 0 Å². The molecule has 0 spiro atoms. The highest BCUT2D eigenvalue weighted by Crippen LogP contribution is 2.18. The maximum Gasteiger partial charge on any atom is 0.244 e. The fourth-order valence-corrected chi connectivity index (χ4v) is 3.46. The number of aromatic amines is 1. The van der Waals surface area contributed by atoms with Gasteiger partial charge in [0.2, 0.25) is 5.91 Å². The van der Waals surface area contributed by atoms with Gasteiger partial charge in [0, 0.05) is 49.1 Å². The normalized spacial score (nSPS) is 16.4. The van der Waals surface area contributed by atoms with E-state index in [1.807, 2.05) is 42.6 Å². The van der Waals surface area contributed by atoms with Crippen molar-refractivity contribution >= 4 is 23.0 Å².